The topological polar surface area (TPSA) is 65.7 Å². The first-order chi connectivity index (χ1) is 14.0. The Hall–Kier alpha value is -3.57. The Morgan fingerprint density at radius 3 is 2.41 bits per heavy atom. The third-order valence-corrected chi connectivity index (χ3v) is 4.61. The van der Waals surface area contributed by atoms with Gasteiger partial charge < -0.3 is 13.9 Å². The second kappa shape index (κ2) is 7.81. The predicted molar refractivity (Wildman–Crippen MR) is 111 cm³/mol. The van der Waals surface area contributed by atoms with Gasteiger partial charge in [0.2, 0.25) is 0 Å². The van der Waals surface area contributed by atoms with E-state index in [0.29, 0.717) is 32.9 Å². The molecule has 3 aromatic carbocycles. The van der Waals surface area contributed by atoms with Crippen LogP contribution < -0.4 is 15.1 Å². The van der Waals surface area contributed by atoms with Crippen LogP contribution in [0.4, 0.5) is 0 Å². The average Bonchev–Trinajstić information content (AvgIpc) is 2.73. The van der Waals surface area contributed by atoms with Gasteiger partial charge in [-0.2, -0.15) is 0 Å². The van der Waals surface area contributed by atoms with E-state index >= 15 is 0 Å². The molecule has 0 bridgehead atoms. The highest BCUT2D eigenvalue weighted by molar-refractivity contribution is 6.30. The third-order valence-electron chi connectivity index (χ3n) is 4.38. The minimum absolute atomic E-state index is 0.267. The number of ether oxygens (including phenoxy) is 2. The minimum Gasteiger partial charge on any atom is -0.497 e. The summed E-state index contributed by atoms with van der Waals surface area (Å²) in [5.74, 6) is 0.414. The molecule has 0 amide bonds. The molecule has 0 aliphatic rings. The van der Waals surface area contributed by atoms with Crippen LogP contribution in [0, 0.1) is 0 Å². The van der Waals surface area contributed by atoms with Crippen molar-refractivity contribution in [1.29, 1.82) is 0 Å². The van der Waals surface area contributed by atoms with Crippen molar-refractivity contribution in [2.24, 2.45) is 0 Å². The number of hydrogen-bond donors (Lipinski definition) is 0. The molecule has 6 heteroatoms. The SMILES string of the molecule is COc1ccc(-c2cc3ccc(OC(=O)c4cccc(Cl)c4)cc3oc2=O)cc1. The van der Waals surface area contributed by atoms with Gasteiger partial charge in [-0.1, -0.05) is 29.8 Å². The molecule has 0 aliphatic carbocycles. The van der Waals surface area contributed by atoms with Gasteiger partial charge in [-0.05, 0) is 54.1 Å². The number of carbonyl (C=O) groups is 1. The van der Waals surface area contributed by atoms with Crippen molar-refractivity contribution in [2.75, 3.05) is 7.11 Å². The first-order valence-electron chi connectivity index (χ1n) is 8.73. The molecule has 0 saturated heterocycles. The highest BCUT2D eigenvalue weighted by Crippen LogP contribution is 2.26. The standard InChI is InChI=1S/C23H15ClO5/c1-27-18-8-5-14(6-9-18)20-12-15-7-10-19(13-21(15)29-23(20)26)28-22(25)16-3-2-4-17(24)11-16/h2-13H,1H3. The zero-order valence-corrected chi connectivity index (χ0v) is 16.1. The normalized spacial score (nSPS) is 10.7. The molecule has 144 valence electrons. The van der Waals surface area contributed by atoms with Crippen LogP contribution in [0.25, 0.3) is 22.1 Å². The Morgan fingerprint density at radius 1 is 0.931 bits per heavy atom. The van der Waals surface area contributed by atoms with E-state index in [2.05, 4.69) is 0 Å². The minimum atomic E-state index is -0.552. The van der Waals surface area contributed by atoms with Gasteiger partial charge in [-0.15, -0.1) is 0 Å². The lowest BCUT2D eigenvalue weighted by atomic mass is 10.1. The first kappa shape index (κ1) is 18.8. The van der Waals surface area contributed by atoms with Crippen LogP contribution >= 0.6 is 11.6 Å². The number of halogens is 1. The van der Waals surface area contributed by atoms with Crippen molar-refractivity contribution in [3.05, 3.63) is 93.8 Å². The molecule has 1 heterocycles. The second-order valence-electron chi connectivity index (χ2n) is 6.28. The van der Waals surface area contributed by atoms with E-state index in [1.165, 1.54) is 12.1 Å². The summed E-state index contributed by atoms with van der Waals surface area (Å²) in [6.45, 7) is 0. The fraction of sp³-hybridized carbons (Fsp3) is 0.0435. The molecular formula is C23H15ClO5. The monoisotopic (exact) mass is 406 g/mol. The largest absolute Gasteiger partial charge is 0.497 e. The molecule has 0 N–H and O–H groups in total. The smallest absolute Gasteiger partial charge is 0.344 e. The van der Waals surface area contributed by atoms with Crippen LogP contribution in [0.5, 0.6) is 11.5 Å². The Bertz CT molecular complexity index is 1260. The Morgan fingerprint density at radius 2 is 1.69 bits per heavy atom. The molecule has 0 radical (unpaired) electrons. The molecule has 4 rings (SSSR count). The first-order valence-corrected chi connectivity index (χ1v) is 9.11. The van der Waals surface area contributed by atoms with Crippen molar-refractivity contribution >= 4 is 28.5 Å². The molecule has 4 aromatic rings. The van der Waals surface area contributed by atoms with E-state index in [1.54, 1.807) is 67.8 Å². The van der Waals surface area contributed by atoms with Gasteiger partial charge in [-0.25, -0.2) is 9.59 Å². The predicted octanol–water partition coefficient (Wildman–Crippen LogP) is 5.34. The lowest BCUT2D eigenvalue weighted by Crippen LogP contribution is -2.08. The average molecular weight is 407 g/mol. The number of hydrogen-bond acceptors (Lipinski definition) is 5. The maximum Gasteiger partial charge on any atom is 0.344 e. The number of fused-ring (bicyclic) bond motifs is 1. The number of methoxy groups -OCH3 is 1. The van der Waals surface area contributed by atoms with Crippen LogP contribution in [-0.4, -0.2) is 13.1 Å². The summed E-state index contributed by atoms with van der Waals surface area (Å²) in [5.41, 5.74) is 1.32. The molecule has 1 aromatic heterocycles. The number of rotatable bonds is 4. The van der Waals surface area contributed by atoms with E-state index in [0.717, 1.165) is 5.56 Å². The Balaban J connectivity index is 1.64. The van der Waals surface area contributed by atoms with Crippen molar-refractivity contribution in [1.82, 2.24) is 0 Å². The quantitative estimate of drug-likeness (QED) is 0.260. The van der Waals surface area contributed by atoms with Gasteiger partial charge in [-0.3, -0.25) is 0 Å². The highest BCUT2D eigenvalue weighted by Gasteiger charge is 2.12. The molecule has 0 saturated carbocycles. The van der Waals surface area contributed by atoms with Crippen LogP contribution in [0.15, 0.2) is 82.0 Å². The van der Waals surface area contributed by atoms with Crippen molar-refractivity contribution in [3.8, 4) is 22.6 Å². The van der Waals surface area contributed by atoms with Crippen molar-refractivity contribution in [2.45, 2.75) is 0 Å². The van der Waals surface area contributed by atoms with Crippen molar-refractivity contribution < 1.29 is 18.7 Å². The lowest BCUT2D eigenvalue weighted by molar-refractivity contribution is 0.0735. The number of carbonyl (C=O) groups excluding carboxylic acids is 1. The molecular weight excluding hydrogens is 392 g/mol. The van der Waals surface area contributed by atoms with Gasteiger partial charge in [0.05, 0.1) is 18.2 Å². The van der Waals surface area contributed by atoms with Gasteiger partial charge in [0.25, 0.3) is 0 Å². The summed E-state index contributed by atoms with van der Waals surface area (Å²) in [4.78, 5) is 24.7. The molecule has 5 nitrogen and oxygen atoms in total. The summed E-state index contributed by atoms with van der Waals surface area (Å²) in [6.07, 6.45) is 0. The van der Waals surface area contributed by atoms with Gasteiger partial charge in [0.1, 0.15) is 17.1 Å². The number of esters is 1. The van der Waals surface area contributed by atoms with Crippen LogP contribution in [-0.2, 0) is 0 Å². The van der Waals surface area contributed by atoms with Gasteiger partial charge in [0.15, 0.2) is 0 Å². The fourth-order valence-corrected chi connectivity index (χ4v) is 3.10. The molecule has 0 spiro atoms. The van der Waals surface area contributed by atoms with Crippen LogP contribution in [0.1, 0.15) is 10.4 Å². The third kappa shape index (κ3) is 4.00. The summed E-state index contributed by atoms with van der Waals surface area (Å²) in [7, 11) is 1.58. The second-order valence-corrected chi connectivity index (χ2v) is 6.71. The lowest BCUT2D eigenvalue weighted by Gasteiger charge is -2.07. The van der Waals surface area contributed by atoms with E-state index in [4.69, 9.17) is 25.5 Å². The molecule has 0 fully saturated rings. The summed E-state index contributed by atoms with van der Waals surface area (Å²) >= 11 is 5.91. The van der Waals surface area contributed by atoms with E-state index in [9.17, 15) is 9.59 Å². The van der Waals surface area contributed by atoms with Crippen LogP contribution in [0.3, 0.4) is 0 Å². The van der Waals surface area contributed by atoms with E-state index < -0.39 is 11.6 Å². The fourth-order valence-electron chi connectivity index (χ4n) is 2.91. The molecule has 29 heavy (non-hydrogen) atoms. The highest BCUT2D eigenvalue weighted by atomic mass is 35.5. The molecule has 0 aliphatic heterocycles. The zero-order valence-electron chi connectivity index (χ0n) is 15.3. The molecule has 0 unspecified atom stereocenters. The maximum atomic E-state index is 12.5. The summed E-state index contributed by atoms with van der Waals surface area (Å²) in [6, 6.07) is 20.2. The van der Waals surface area contributed by atoms with E-state index in [1.807, 2.05) is 0 Å². The maximum absolute atomic E-state index is 12.5. The van der Waals surface area contributed by atoms with E-state index in [-0.39, 0.29) is 5.75 Å². The summed E-state index contributed by atoms with van der Waals surface area (Å²) in [5, 5.41) is 1.15. The Labute approximate surface area is 171 Å². The molecule has 0 atom stereocenters. The summed E-state index contributed by atoms with van der Waals surface area (Å²) < 4.78 is 16.0. The van der Waals surface area contributed by atoms with Crippen molar-refractivity contribution in [3.63, 3.8) is 0 Å². The zero-order chi connectivity index (χ0) is 20.4. The van der Waals surface area contributed by atoms with Gasteiger partial charge >= 0.3 is 11.6 Å². The Kier molecular flexibility index (Phi) is 5.06. The number of benzene rings is 3. The van der Waals surface area contributed by atoms with Crippen LogP contribution in [0.2, 0.25) is 5.02 Å². The van der Waals surface area contributed by atoms with Gasteiger partial charge in [0, 0.05) is 16.5 Å².